The summed E-state index contributed by atoms with van der Waals surface area (Å²) in [6.07, 6.45) is 4.65. The van der Waals surface area contributed by atoms with Crippen molar-refractivity contribution in [2.24, 2.45) is 0 Å². The maximum absolute atomic E-state index is 13.3. The van der Waals surface area contributed by atoms with Crippen molar-refractivity contribution >= 4 is 28.3 Å². The van der Waals surface area contributed by atoms with Crippen LogP contribution in [0.4, 0.5) is 5.69 Å². The Bertz CT molecular complexity index is 1680. The molecule has 11 heteroatoms. The summed E-state index contributed by atoms with van der Waals surface area (Å²) in [5.41, 5.74) is 3.72. The van der Waals surface area contributed by atoms with Crippen LogP contribution in [0.5, 0.6) is 0 Å². The number of halogens is 1. The van der Waals surface area contributed by atoms with Crippen molar-refractivity contribution in [2.45, 2.75) is 26.8 Å². The van der Waals surface area contributed by atoms with E-state index < -0.39 is 5.76 Å². The van der Waals surface area contributed by atoms with Gasteiger partial charge in [-0.25, -0.2) is 14.8 Å². The Hall–Kier alpha value is -4.31. The zero-order valence-electron chi connectivity index (χ0n) is 18.9. The SMILES string of the molecule is Cc1cc([C@@H](C)Nc2ccc(Cl)nc2-c2noc(=O)[nH]2)c2oc(-c3cnccn3)c(C)c(=O)c2c1. The van der Waals surface area contributed by atoms with E-state index in [-0.39, 0.29) is 22.4 Å². The number of benzene rings is 1. The van der Waals surface area contributed by atoms with Crippen molar-refractivity contribution < 1.29 is 8.94 Å². The standard InChI is InChI=1S/C24H19ClN6O4/c1-11-8-14(13(3)28-16-4-5-18(25)29-19(16)23-30-24(33)35-31-23)22-15(9-11)20(32)12(2)21(34-22)17-10-26-6-7-27-17/h4-10,13,28H,1-3H3,(H,30,31,33)/t13-/m1/s1. The van der Waals surface area contributed by atoms with Crippen molar-refractivity contribution in [3.63, 3.8) is 0 Å². The van der Waals surface area contributed by atoms with Crippen LogP contribution < -0.4 is 16.5 Å². The molecule has 0 radical (unpaired) electrons. The number of hydrogen-bond donors (Lipinski definition) is 2. The van der Waals surface area contributed by atoms with Gasteiger partial charge in [0.05, 0.1) is 23.3 Å². The predicted molar refractivity (Wildman–Crippen MR) is 130 cm³/mol. The molecule has 35 heavy (non-hydrogen) atoms. The van der Waals surface area contributed by atoms with Crippen LogP contribution in [0, 0.1) is 13.8 Å². The van der Waals surface area contributed by atoms with Crippen LogP contribution in [0.25, 0.3) is 33.9 Å². The molecule has 1 aromatic carbocycles. The number of fused-ring (bicyclic) bond motifs is 1. The molecule has 0 saturated heterocycles. The van der Waals surface area contributed by atoms with Crippen molar-refractivity contribution in [3.8, 4) is 23.0 Å². The fourth-order valence-electron chi connectivity index (χ4n) is 3.93. The summed E-state index contributed by atoms with van der Waals surface area (Å²) in [4.78, 5) is 39.9. The van der Waals surface area contributed by atoms with E-state index in [4.69, 9.17) is 16.0 Å². The minimum absolute atomic E-state index is 0.133. The van der Waals surface area contributed by atoms with Crippen molar-refractivity contribution in [3.05, 3.63) is 85.5 Å². The Labute approximate surface area is 203 Å². The van der Waals surface area contributed by atoms with Crippen molar-refractivity contribution in [1.29, 1.82) is 0 Å². The molecule has 5 rings (SSSR count). The van der Waals surface area contributed by atoms with Gasteiger partial charge in [0.1, 0.15) is 22.1 Å². The third kappa shape index (κ3) is 4.19. The number of nitrogens with zero attached hydrogens (tertiary/aromatic N) is 4. The van der Waals surface area contributed by atoms with E-state index in [0.717, 1.165) is 11.1 Å². The minimum atomic E-state index is -0.709. The lowest BCUT2D eigenvalue weighted by molar-refractivity contribution is 0.388. The molecule has 10 nitrogen and oxygen atoms in total. The molecule has 0 saturated carbocycles. The average molecular weight is 491 g/mol. The van der Waals surface area contributed by atoms with Crippen LogP contribution in [0.1, 0.15) is 29.7 Å². The van der Waals surface area contributed by atoms with E-state index in [1.54, 1.807) is 43.7 Å². The van der Waals surface area contributed by atoms with Gasteiger partial charge in [0.15, 0.2) is 11.2 Å². The molecule has 0 aliphatic rings. The topological polar surface area (TPSA) is 140 Å². The second kappa shape index (κ2) is 8.80. The molecule has 176 valence electrons. The van der Waals surface area contributed by atoms with Gasteiger partial charge in [-0.3, -0.25) is 19.3 Å². The van der Waals surface area contributed by atoms with E-state index in [2.05, 4.69) is 34.9 Å². The van der Waals surface area contributed by atoms with E-state index in [9.17, 15) is 9.59 Å². The molecule has 0 bridgehead atoms. The number of aromatic nitrogens is 5. The fraction of sp³-hybridized carbons (Fsp3) is 0.167. The van der Waals surface area contributed by atoms with Gasteiger partial charge in [0.2, 0.25) is 5.82 Å². The molecule has 1 atom stereocenters. The second-order valence-electron chi connectivity index (χ2n) is 8.05. The average Bonchev–Trinajstić information content (AvgIpc) is 3.29. The largest absolute Gasteiger partial charge is 0.453 e. The maximum atomic E-state index is 13.3. The Morgan fingerprint density at radius 2 is 1.97 bits per heavy atom. The number of rotatable bonds is 5. The highest BCUT2D eigenvalue weighted by molar-refractivity contribution is 6.29. The van der Waals surface area contributed by atoms with Gasteiger partial charge in [0, 0.05) is 23.5 Å². The smallest absolute Gasteiger partial charge is 0.439 e. The van der Waals surface area contributed by atoms with Crippen molar-refractivity contribution in [2.75, 3.05) is 5.32 Å². The zero-order valence-corrected chi connectivity index (χ0v) is 19.7. The summed E-state index contributed by atoms with van der Waals surface area (Å²) in [5.74, 6) is -0.213. The van der Waals surface area contributed by atoms with Crippen LogP contribution in [0.15, 0.2) is 61.4 Å². The number of anilines is 1. The third-order valence-electron chi connectivity index (χ3n) is 5.55. The van der Waals surface area contributed by atoms with Gasteiger partial charge in [0.25, 0.3) is 0 Å². The first kappa shape index (κ1) is 22.5. The number of hydrogen-bond acceptors (Lipinski definition) is 9. The number of aromatic amines is 1. The summed E-state index contributed by atoms with van der Waals surface area (Å²) in [6.45, 7) is 5.54. The Balaban J connectivity index is 1.65. The number of pyridine rings is 1. The van der Waals surface area contributed by atoms with Gasteiger partial charge in [-0.05, 0) is 44.5 Å². The summed E-state index contributed by atoms with van der Waals surface area (Å²) in [5, 5.41) is 7.77. The lowest BCUT2D eigenvalue weighted by Gasteiger charge is -2.19. The van der Waals surface area contributed by atoms with Crippen LogP contribution in [-0.2, 0) is 0 Å². The summed E-state index contributed by atoms with van der Waals surface area (Å²) >= 11 is 6.08. The molecule has 0 unspecified atom stereocenters. The van der Waals surface area contributed by atoms with Crippen LogP contribution in [0.3, 0.4) is 0 Å². The fourth-order valence-corrected chi connectivity index (χ4v) is 4.07. The predicted octanol–water partition coefficient (Wildman–Crippen LogP) is 4.43. The molecule has 4 heterocycles. The van der Waals surface area contributed by atoms with Crippen molar-refractivity contribution in [1.82, 2.24) is 25.1 Å². The number of aryl methyl sites for hydroxylation is 1. The molecule has 5 aromatic rings. The van der Waals surface area contributed by atoms with E-state index in [1.165, 1.54) is 0 Å². The van der Waals surface area contributed by atoms with Gasteiger partial charge in [-0.1, -0.05) is 22.8 Å². The van der Waals surface area contributed by atoms with E-state index in [1.807, 2.05) is 19.9 Å². The lowest BCUT2D eigenvalue weighted by Crippen LogP contribution is -2.13. The first-order chi connectivity index (χ1) is 16.8. The van der Waals surface area contributed by atoms with Crippen LogP contribution in [-0.4, -0.2) is 25.1 Å². The molecular formula is C24H19ClN6O4. The molecule has 0 aliphatic carbocycles. The number of nitrogens with one attached hydrogen (secondary N) is 2. The Kier molecular flexibility index (Phi) is 5.65. The normalized spacial score (nSPS) is 12.1. The molecule has 0 amide bonds. The Morgan fingerprint density at radius 1 is 1.14 bits per heavy atom. The van der Waals surface area contributed by atoms with E-state index >= 15 is 0 Å². The van der Waals surface area contributed by atoms with Crippen LogP contribution in [0.2, 0.25) is 5.15 Å². The summed E-state index contributed by atoms with van der Waals surface area (Å²) in [7, 11) is 0. The van der Waals surface area contributed by atoms with Gasteiger partial charge < -0.3 is 9.73 Å². The first-order valence-electron chi connectivity index (χ1n) is 10.7. The molecule has 0 aliphatic heterocycles. The van der Waals surface area contributed by atoms with E-state index in [0.29, 0.717) is 39.4 Å². The van der Waals surface area contributed by atoms with Gasteiger partial charge in [-0.15, -0.1) is 0 Å². The highest BCUT2D eigenvalue weighted by atomic mass is 35.5. The Morgan fingerprint density at radius 3 is 2.69 bits per heavy atom. The minimum Gasteiger partial charge on any atom is -0.453 e. The van der Waals surface area contributed by atoms with Crippen LogP contribution >= 0.6 is 11.6 Å². The lowest BCUT2D eigenvalue weighted by atomic mass is 9.99. The maximum Gasteiger partial charge on any atom is 0.439 e. The highest BCUT2D eigenvalue weighted by Gasteiger charge is 2.21. The second-order valence-corrected chi connectivity index (χ2v) is 8.43. The zero-order chi connectivity index (χ0) is 24.7. The summed E-state index contributed by atoms with van der Waals surface area (Å²) in [6, 6.07) is 6.73. The highest BCUT2D eigenvalue weighted by Crippen LogP contribution is 2.33. The summed E-state index contributed by atoms with van der Waals surface area (Å²) < 4.78 is 10.9. The molecule has 0 spiro atoms. The first-order valence-corrected chi connectivity index (χ1v) is 11.0. The molecule has 4 aromatic heterocycles. The molecule has 2 N–H and O–H groups in total. The molecular weight excluding hydrogens is 472 g/mol. The quantitative estimate of drug-likeness (QED) is 0.342. The van der Waals surface area contributed by atoms with Gasteiger partial charge in [-0.2, -0.15) is 0 Å². The third-order valence-corrected chi connectivity index (χ3v) is 5.76. The number of H-pyrrole nitrogens is 1. The monoisotopic (exact) mass is 490 g/mol. The molecule has 0 fully saturated rings. The van der Waals surface area contributed by atoms with Gasteiger partial charge >= 0.3 is 5.76 Å².